The van der Waals surface area contributed by atoms with E-state index in [-0.39, 0.29) is 11.3 Å². The van der Waals surface area contributed by atoms with Crippen LogP contribution in [0.4, 0.5) is 0 Å². The van der Waals surface area contributed by atoms with Crippen LogP contribution < -0.4 is 4.74 Å². The molecule has 2 aromatic rings. The van der Waals surface area contributed by atoms with Crippen LogP contribution in [0.1, 0.15) is 10.4 Å². The average Bonchev–Trinajstić information content (AvgIpc) is 2.60. The van der Waals surface area contributed by atoms with Gasteiger partial charge in [-0.15, -0.1) is 0 Å². The summed E-state index contributed by atoms with van der Waals surface area (Å²) in [5, 5.41) is 49.9. The minimum atomic E-state index is -1.65. The van der Waals surface area contributed by atoms with Gasteiger partial charge in [0.15, 0.2) is 12.4 Å². The second-order valence-electron chi connectivity index (χ2n) is 5.81. The lowest BCUT2D eigenvalue weighted by atomic mass is 9.99. The summed E-state index contributed by atoms with van der Waals surface area (Å²) >= 11 is 0. The molecule has 0 aromatic heterocycles. The highest BCUT2D eigenvalue weighted by Crippen LogP contribution is 2.30. The number of hydrogen-bond acceptors (Lipinski definition) is 7. The molecule has 8 heteroatoms. The van der Waals surface area contributed by atoms with Gasteiger partial charge in [0.2, 0.25) is 0 Å². The SMILES string of the molecule is O=C(O)c1cc2ccccc2cc1O[C@@H]1[C@@H](O)[C@H](O)[C@@H](CO)O[C@H]1O. The normalized spacial score (nSPS) is 29.5. The number of aliphatic hydroxyl groups is 4. The first-order chi connectivity index (χ1) is 11.9. The highest BCUT2D eigenvalue weighted by atomic mass is 16.7. The quantitative estimate of drug-likeness (QED) is 0.508. The molecule has 1 saturated heterocycles. The van der Waals surface area contributed by atoms with Crippen molar-refractivity contribution in [3.05, 3.63) is 42.0 Å². The maximum Gasteiger partial charge on any atom is 0.339 e. The second-order valence-corrected chi connectivity index (χ2v) is 5.81. The Balaban J connectivity index is 1.96. The summed E-state index contributed by atoms with van der Waals surface area (Å²) in [6, 6.07) is 9.94. The van der Waals surface area contributed by atoms with Gasteiger partial charge in [-0.2, -0.15) is 0 Å². The number of ether oxygens (including phenoxy) is 2. The zero-order chi connectivity index (χ0) is 18.1. The third-order valence-electron chi connectivity index (χ3n) is 4.18. The van der Waals surface area contributed by atoms with E-state index in [9.17, 15) is 25.2 Å². The minimum absolute atomic E-state index is 0.0763. The number of carboxylic acids is 1. The molecule has 0 amide bonds. The van der Waals surface area contributed by atoms with Crippen LogP contribution in [0.15, 0.2) is 36.4 Å². The Kier molecular flexibility index (Phi) is 4.89. The molecule has 1 heterocycles. The van der Waals surface area contributed by atoms with E-state index in [0.29, 0.717) is 10.8 Å². The van der Waals surface area contributed by atoms with Gasteiger partial charge in [0.25, 0.3) is 0 Å². The topological polar surface area (TPSA) is 137 Å². The molecule has 0 radical (unpaired) electrons. The molecule has 0 spiro atoms. The van der Waals surface area contributed by atoms with Crippen molar-refractivity contribution in [2.45, 2.75) is 30.7 Å². The first kappa shape index (κ1) is 17.6. The van der Waals surface area contributed by atoms with Crippen LogP contribution in [0.3, 0.4) is 0 Å². The Morgan fingerprint density at radius 1 is 1.08 bits per heavy atom. The van der Waals surface area contributed by atoms with Crippen LogP contribution in [0, 0.1) is 0 Å². The third-order valence-corrected chi connectivity index (χ3v) is 4.18. The standard InChI is InChI=1S/C17H18O8/c18-7-12-13(19)14(20)15(17(23)25-12)24-11-6-9-4-2-1-3-8(9)5-10(11)16(21)22/h1-6,12-15,17-20,23H,7H2,(H,21,22)/t12-,13-,14+,15-,17-/m1/s1. The van der Waals surface area contributed by atoms with Gasteiger partial charge < -0.3 is 35.0 Å². The number of fused-ring (bicyclic) bond motifs is 1. The van der Waals surface area contributed by atoms with Crippen LogP contribution >= 0.6 is 0 Å². The van der Waals surface area contributed by atoms with Gasteiger partial charge in [0.1, 0.15) is 29.6 Å². The fourth-order valence-corrected chi connectivity index (χ4v) is 2.83. The molecule has 0 bridgehead atoms. The molecule has 5 N–H and O–H groups in total. The predicted octanol–water partition coefficient (Wildman–Crippen LogP) is -0.283. The van der Waals surface area contributed by atoms with E-state index in [1.165, 1.54) is 12.1 Å². The van der Waals surface area contributed by atoms with Crippen molar-refractivity contribution >= 4 is 16.7 Å². The lowest BCUT2D eigenvalue weighted by Gasteiger charge is -2.39. The van der Waals surface area contributed by atoms with Crippen LogP contribution in [0.2, 0.25) is 0 Å². The molecular formula is C17H18O8. The fraction of sp³-hybridized carbons (Fsp3) is 0.353. The third kappa shape index (κ3) is 3.30. The monoisotopic (exact) mass is 350 g/mol. The summed E-state index contributed by atoms with van der Waals surface area (Å²) in [5.74, 6) is -1.32. The molecule has 3 rings (SSSR count). The van der Waals surface area contributed by atoms with Crippen LogP contribution in [0.25, 0.3) is 10.8 Å². The molecule has 0 aliphatic carbocycles. The Hall–Kier alpha value is -2.23. The Labute approximate surface area is 142 Å². The molecule has 0 saturated carbocycles. The Morgan fingerprint density at radius 2 is 1.72 bits per heavy atom. The van der Waals surface area contributed by atoms with Gasteiger partial charge in [-0.3, -0.25) is 0 Å². The number of rotatable bonds is 4. The summed E-state index contributed by atoms with van der Waals surface area (Å²) < 4.78 is 10.5. The van der Waals surface area contributed by atoms with Crippen molar-refractivity contribution in [2.24, 2.45) is 0 Å². The smallest absolute Gasteiger partial charge is 0.339 e. The predicted molar refractivity (Wildman–Crippen MR) is 85.3 cm³/mol. The first-order valence-corrected chi connectivity index (χ1v) is 7.65. The van der Waals surface area contributed by atoms with Crippen molar-refractivity contribution in [3.63, 3.8) is 0 Å². The number of aliphatic hydroxyl groups excluding tert-OH is 4. The second kappa shape index (κ2) is 6.95. The van der Waals surface area contributed by atoms with Crippen molar-refractivity contribution in [3.8, 4) is 5.75 Å². The number of aromatic carboxylic acids is 1. The molecule has 0 unspecified atom stereocenters. The highest BCUT2D eigenvalue weighted by Gasteiger charge is 2.45. The molecule has 1 aliphatic heterocycles. The number of carbonyl (C=O) groups is 1. The number of hydrogen-bond donors (Lipinski definition) is 5. The maximum atomic E-state index is 11.5. The van der Waals surface area contributed by atoms with Crippen molar-refractivity contribution in [1.29, 1.82) is 0 Å². The van der Waals surface area contributed by atoms with E-state index in [1.807, 2.05) is 0 Å². The van der Waals surface area contributed by atoms with E-state index < -0.39 is 43.3 Å². The lowest BCUT2D eigenvalue weighted by molar-refractivity contribution is -0.280. The number of carboxylic acid groups (broad SMARTS) is 1. The minimum Gasteiger partial charge on any atom is -0.481 e. The van der Waals surface area contributed by atoms with Gasteiger partial charge in [0.05, 0.1) is 6.61 Å². The summed E-state index contributed by atoms with van der Waals surface area (Å²) in [5.41, 5.74) is -0.156. The fourth-order valence-electron chi connectivity index (χ4n) is 2.83. The van der Waals surface area contributed by atoms with Crippen molar-refractivity contribution in [2.75, 3.05) is 6.61 Å². The molecular weight excluding hydrogens is 332 g/mol. The summed E-state index contributed by atoms with van der Waals surface area (Å²) in [4.78, 5) is 11.5. The Morgan fingerprint density at radius 3 is 2.32 bits per heavy atom. The molecule has 25 heavy (non-hydrogen) atoms. The van der Waals surface area contributed by atoms with E-state index in [0.717, 1.165) is 0 Å². The maximum absolute atomic E-state index is 11.5. The number of benzene rings is 2. The summed E-state index contributed by atoms with van der Waals surface area (Å²) in [7, 11) is 0. The summed E-state index contributed by atoms with van der Waals surface area (Å²) in [6.07, 6.45) is -7.30. The van der Waals surface area contributed by atoms with Gasteiger partial charge >= 0.3 is 5.97 Å². The van der Waals surface area contributed by atoms with Gasteiger partial charge in [-0.25, -0.2) is 4.79 Å². The first-order valence-electron chi connectivity index (χ1n) is 7.65. The van der Waals surface area contributed by atoms with E-state index in [1.54, 1.807) is 24.3 Å². The van der Waals surface area contributed by atoms with Crippen molar-refractivity contribution < 1.29 is 39.8 Å². The lowest BCUT2D eigenvalue weighted by Crippen LogP contribution is -2.60. The Bertz CT molecular complexity index is 776. The van der Waals surface area contributed by atoms with Crippen LogP contribution in [0.5, 0.6) is 5.75 Å². The molecule has 2 aromatic carbocycles. The zero-order valence-electron chi connectivity index (χ0n) is 13.0. The van der Waals surface area contributed by atoms with Gasteiger partial charge in [-0.1, -0.05) is 24.3 Å². The van der Waals surface area contributed by atoms with Crippen LogP contribution in [-0.2, 0) is 4.74 Å². The largest absolute Gasteiger partial charge is 0.481 e. The molecule has 8 nitrogen and oxygen atoms in total. The van der Waals surface area contributed by atoms with Crippen LogP contribution in [-0.4, -0.2) is 68.8 Å². The van der Waals surface area contributed by atoms with Gasteiger partial charge in [0, 0.05) is 0 Å². The summed E-state index contributed by atoms with van der Waals surface area (Å²) in [6.45, 7) is -0.599. The molecule has 1 fully saturated rings. The van der Waals surface area contributed by atoms with E-state index >= 15 is 0 Å². The highest BCUT2D eigenvalue weighted by molar-refractivity contribution is 5.97. The molecule has 5 atom stereocenters. The van der Waals surface area contributed by atoms with E-state index in [4.69, 9.17) is 14.6 Å². The molecule has 134 valence electrons. The van der Waals surface area contributed by atoms with Gasteiger partial charge in [-0.05, 0) is 22.9 Å². The van der Waals surface area contributed by atoms with Crippen molar-refractivity contribution in [1.82, 2.24) is 0 Å². The average molecular weight is 350 g/mol. The molecule has 1 aliphatic rings. The van der Waals surface area contributed by atoms with E-state index in [2.05, 4.69) is 0 Å². The zero-order valence-corrected chi connectivity index (χ0v) is 13.0.